The summed E-state index contributed by atoms with van der Waals surface area (Å²) >= 11 is 0. The lowest BCUT2D eigenvalue weighted by molar-refractivity contribution is -0.140. The van der Waals surface area contributed by atoms with Gasteiger partial charge in [-0.25, -0.2) is 9.97 Å². The molecule has 0 bridgehead atoms. The number of hydrogen-bond donors (Lipinski definition) is 1. The van der Waals surface area contributed by atoms with Gasteiger partial charge in [-0.05, 0) is 59.1 Å². The molecular formula is C24H30N4O5. The van der Waals surface area contributed by atoms with Gasteiger partial charge in [0, 0.05) is 18.3 Å². The van der Waals surface area contributed by atoms with Crippen LogP contribution in [0.3, 0.4) is 0 Å². The Labute approximate surface area is 193 Å². The topological polar surface area (TPSA) is 105 Å². The van der Waals surface area contributed by atoms with Gasteiger partial charge < -0.3 is 24.4 Å². The molecule has 1 amide bonds. The minimum atomic E-state index is -0.849. The molecule has 1 saturated heterocycles. The summed E-state index contributed by atoms with van der Waals surface area (Å²) in [6.07, 6.45) is 2.11. The Bertz CT molecular complexity index is 1100. The van der Waals surface area contributed by atoms with Crippen molar-refractivity contribution in [3.63, 3.8) is 0 Å². The van der Waals surface area contributed by atoms with Gasteiger partial charge in [-0.2, -0.15) is 0 Å². The van der Waals surface area contributed by atoms with Gasteiger partial charge in [-0.15, -0.1) is 0 Å². The van der Waals surface area contributed by atoms with Gasteiger partial charge in [-0.3, -0.25) is 9.59 Å². The number of benzene rings is 1. The third-order valence-electron chi connectivity index (χ3n) is 5.63. The summed E-state index contributed by atoms with van der Waals surface area (Å²) < 4.78 is 10.9. The van der Waals surface area contributed by atoms with Gasteiger partial charge in [-0.1, -0.05) is 0 Å². The highest BCUT2D eigenvalue weighted by atomic mass is 16.5. The molecule has 0 saturated carbocycles. The monoisotopic (exact) mass is 454 g/mol. The molecule has 33 heavy (non-hydrogen) atoms. The van der Waals surface area contributed by atoms with Crippen molar-refractivity contribution in [2.45, 2.75) is 26.3 Å². The van der Waals surface area contributed by atoms with Crippen LogP contribution in [0.25, 0.3) is 5.76 Å². The van der Waals surface area contributed by atoms with E-state index < -0.39 is 17.7 Å². The highest BCUT2D eigenvalue weighted by Crippen LogP contribution is 2.44. The Kier molecular flexibility index (Phi) is 7.33. The van der Waals surface area contributed by atoms with E-state index in [0.717, 1.165) is 6.54 Å². The average Bonchev–Trinajstić information content (AvgIpc) is 3.02. The van der Waals surface area contributed by atoms with E-state index >= 15 is 0 Å². The van der Waals surface area contributed by atoms with Crippen LogP contribution in [0.15, 0.2) is 30.0 Å². The van der Waals surface area contributed by atoms with Gasteiger partial charge in [0.05, 0.1) is 37.1 Å². The number of carbonyl (C=O) groups excluding carboxylic acids is 2. The van der Waals surface area contributed by atoms with Crippen molar-refractivity contribution in [3.8, 4) is 11.5 Å². The molecule has 1 aromatic carbocycles. The number of aliphatic hydroxyl groups excluding tert-OH is 1. The summed E-state index contributed by atoms with van der Waals surface area (Å²) in [4.78, 5) is 38.3. The van der Waals surface area contributed by atoms with Gasteiger partial charge >= 0.3 is 0 Å². The second kappa shape index (κ2) is 9.99. The van der Waals surface area contributed by atoms with Crippen molar-refractivity contribution < 1.29 is 24.2 Å². The quantitative estimate of drug-likeness (QED) is 0.369. The van der Waals surface area contributed by atoms with E-state index in [0.29, 0.717) is 47.1 Å². The predicted octanol–water partition coefficient (Wildman–Crippen LogP) is 2.48. The number of nitrogens with zero attached hydrogens (tertiary/aromatic N) is 4. The van der Waals surface area contributed by atoms with E-state index in [1.165, 1.54) is 25.3 Å². The fraction of sp³-hybridized carbons (Fsp3) is 0.417. The number of rotatable bonds is 8. The minimum Gasteiger partial charge on any atom is -0.507 e. The number of hydrogen-bond acceptors (Lipinski definition) is 8. The molecule has 1 aliphatic rings. The molecule has 9 heteroatoms. The van der Waals surface area contributed by atoms with Gasteiger partial charge in [0.15, 0.2) is 0 Å². The Morgan fingerprint density at radius 2 is 1.91 bits per heavy atom. The molecule has 3 rings (SSSR count). The largest absolute Gasteiger partial charge is 0.507 e. The molecule has 1 aliphatic heterocycles. The first-order valence-electron chi connectivity index (χ1n) is 10.6. The number of aryl methyl sites for hydroxylation is 2. The summed E-state index contributed by atoms with van der Waals surface area (Å²) in [6.45, 7) is 4.52. The summed E-state index contributed by atoms with van der Waals surface area (Å²) in [5.74, 6) is -0.180. The standard InChI is InChI=1S/C24H30N4O5/c1-14-18(13-25-15(2)26-14)22(29)20-21(17-12-16(32-5)8-9-19(17)33-6)28(24(31)23(20)30)11-7-10-27(3)4/h8-9,12-13,21,29H,7,10-11H2,1-6H3/b22-20+/t21-/m1/s1. The van der Waals surface area contributed by atoms with E-state index in [2.05, 4.69) is 9.97 Å². The SMILES string of the molecule is COc1ccc(OC)c([C@@H]2/C(=C(\O)c3cnc(C)nc3C)C(=O)C(=O)N2CCCN(C)C)c1. The van der Waals surface area contributed by atoms with E-state index in [1.807, 2.05) is 19.0 Å². The fourth-order valence-electron chi connectivity index (χ4n) is 4.01. The number of aliphatic hydroxyl groups is 1. The number of ketones is 1. The third kappa shape index (κ3) is 4.83. The number of amides is 1. The van der Waals surface area contributed by atoms with Crippen molar-refractivity contribution in [1.82, 2.24) is 19.8 Å². The average molecular weight is 455 g/mol. The Morgan fingerprint density at radius 3 is 2.52 bits per heavy atom. The van der Waals surface area contributed by atoms with Crippen molar-refractivity contribution in [2.75, 3.05) is 41.4 Å². The lowest BCUT2D eigenvalue weighted by Gasteiger charge is -2.27. The zero-order valence-corrected chi connectivity index (χ0v) is 19.9. The first-order valence-corrected chi connectivity index (χ1v) is 10.6. The summed E-state index contributed by atoms with van der Waals surface area (Å²) in [6, 6.07) is 4.32. The number of ether oxygens (including phenoxy) is 2. The summed E-state index contributed by atoms with van der Waals surface area (Å²) in [5.41, 5.74) is 1.34. The predicted molar refractivity (Wildman–Crippen MR) is 123 cm³/mol. The molecule has 0 aliphatic carbocycles. The first-order chi connectivity index (χ1) is 15.7. The van der Waals surface area contributed by atoms with Crippen LogP contribution < -0.4 is 9.47 Å². The van der Waals surface area contributed by atoms with Crippen LogP contribution in [0.4, 0.5) is 0 Å². The van der Waals surface area contributed by atoms with Crippen molar-refractivity contribution in [2.24, 2.45) is 0 Å². The van der Waals surface area contributed by atoms with Crippen molar-refractivity contribution in [3.05, 3.63) is 52.6 Å². The van der Waals surface area contributed by atoms with Crippen LogP contribution in [0.5, 0.6) is 11.5 Å². The molecule has 1 N–H and O–H groups in total. The second-order valence-electron chi connectivity index (χ2n) is 8.17. The number of methoxy groups -OCH3 is 2. The van der Waals surface area contributed by atoms with Gasteiger partial charge in [0.25, 0.3) is 11.7 Å². The van der Waals surface area contributed by atoms with Gasteiger partial charge in [0.1, 0.15) is 23.1 Å². The third-order valence-corrected chi connectivity index (χ3v) is 5.63. The maximum Gasteiger partial charge on any atom is 0.295 e. The zero-order chi connectivity index (χ0) is 24.3. The van der Waals surface area contributed by atoms with Crippen molar-refractivity contribution in [1.29, 1.82) is 0 Å². The van der Waals surface area contributed by atoms with Crippen LogP contribution >= 0.6 is 0 Å². The Hall–Kier alpha value is -3.46. The molecule has 0 unspecified atom stereocenters. The lowest BCUT2D eigenvalue weighted by atomic mass is 9.94. The molecule has 176 valence electrons. The normalized spacial score (nSPS) is 17.7. The minimum absolute atomic E-state index is 0.0213. The Morgan fingerprint density at radius 1 is 1.18 bits per heavy atom. The highest BCUT2D eigenvalue weighted by molar-refractivity contribution is 6.46. The van der Waals surface area contributed by atoms with Crippen LogP contribution in [-0.2, 0) is 9.59 Å². The van der Waals surface area contributed by atoms with E-state index in [-0.39, 0.29) is 11.3 Å². The fourth-order valence-corrected chi connectivity index (χ4v) is 4.01. The molecule has 1 aromatic heterocycles. The molecule has 0 radical (unpaired) electrons. The zero-order valence-electron chi connectivity index (χ0n) is 19.9. The molecule has 0 spiro atoms. The van der Waals surface area contributed by atoms with Crippen LogP contribution in [-0.4, -0.2) is 78.0 Å². The van der Waals surface area contributed by atoms with Crippen LogP contribution in [0.1, 0.15) is 35.1 Å². The summed E-state index contributed by atoms with van der Waals surface area (Å²) in [5, 5.41) is 11.3. The number of aromatic nitrogens is 2. The number of Topliss-reactive ketones (excluding diaryl/α,β-unsaturated/α-hetero) is 1. The van der Waals surface area contributed by atoms with Crippen LogP contribution in [0, 0.1) is 13.8 Å². The molecule has 9 nitrogen and oxygen atoms in total. The molecule has 2 aromatic rings. The number of carbonyl (C=O) groups is 2. The Balaban J connectivity index is 2.22. The van der Waals surface area contributed by atoms with Gasteiger partial charge in [0.2, 0.25) is 0 Å². The molecular weight excluding hydrogens is 424 g/mol. The van der Waals surface area contributed by atoms with Crippen molar-refractivity contribution >= 4 is 17.4 Å². The van der Waals surface area contributed by atoms with E-state index in [4.69, 9.17) is 9.47 Å². The maximum atomic E-state index is 13.2. The highest BCUT2D eigenvalue weighted by Gasteiger charge is 2.47. The molecule has 2 heterocycles. The van der Waals surface area contributed by atoms with E-state index in [1.54, 1.807) is 32.0 Å². The van der Waals surface area contributed by atoms with E-state index in [9.17, 15) is 14.7 Å². The first kappa shape index (κ1) is 24.2. The molecule has 1 atom stereocenters. The summed E-state index contributed by atoms with van der Waals surface area (Å²) in [7, 11) is 6.93. The second-order valence-corrected chi connectivity index (χ2v) is 8.17. The lowest BCUT2D eigenvalue weighted by Crippen LogP contribution is -2.32. The van der Waals surface area contributed by atoms with Crippen LogP contribution in [0.2, 0.25) is 0 Å². The maximum absolute atomic E-state index is 13.2. The smallest absolute Gasteiger partial charge is 0.295 e. The molecule has 1 fully saturated rings. The number of likely N-dealkylation sites (tertiary alicyclic amines) is 1.